The van der Waals surface area contributed by atoms with Gasteiger partial charge in [0, 0.05) is 3.57 Å². The summed E-state index contributed by atoms with van der Waals surface area (Å²) in [6.07, 6.45) is 2.01. The van der Waals surface area contributed by atoms with Crippen molar-refractivity contribution in [3.05, 3.63) is 62.2 Å². The van der Waals surface area contributed by atoms with Crippen molar-refractivity contribution >= 4 is 34.2 Å². The Morgan fingerprint density at radius 1 is 1.10 bits per heavy atom. The van der Waals surface area contributed by atoms with E-state index in [1.54, 1.807) is 0 Å². The number of rotatable bonds is 4. The van der Waals surface area contributed by atoms with E-state index in [1.165, 1.54) is 0 Å². The molecule has 1 aliphatic rings. The average Bonchev–Trinajstić information content (AvgIpc) is 3.26. The van der Waals surface area contributed by atoms with Crippen LogP contribution in [0, 0.1) is 3.57 Å². The molecule has 0 amide bonds. The number of hydrogen-bond donors (Lipinski definition) is 1. The number of halogens is 2. The van der Waals surface area contributed by atoms with E-state index in [4.69, 9.17) is 16.3 Å². The summed E-state index contributed by atoms with van der Waals surface area (Å²) in [6, 6.07) is 13.2. The van der Waals surface area contributed by atoms with Crippen LogP contribution in [0.3, 0.4) is 0 Å². The highest BCUT2D eigenvalue weighted by Gasteiger charge is 2.23. The molecule has 20 heavy (non-hydrogen) atoms. The molecule has 4 heteroatoms. The summed E-state index contributed by atoms with van der Waals surface area (Å²) in [7, 11) is 0. The van der Waals surface area contributed by atoms with Crippen molar-refractivity contribution in [2.45, 2.75) is 25.0 Å². The average molecular weight is 401 g/mol. The van der Waals surface area contributed by atoms with E-state index in [2.05, 4.69) is 22.6 Å². The second-order valence-corrected chi connectivity index (χ2v) is 6.53. The van der Waals surface area contributed by atoms with Crippen molar-refractivity contribution in [2.75, 3.05) is 0 Å². The van der Waals surface area contributed by atoms with Crippen LogP contribution in [0.25, 0.3) is 0 Å². The first-order valence-electron chi connectivity index (χ1n) is 6.53. The lowest BCUT2D eigenvalue weighted by Gasteiger charge is -2.13. The van der Waals surface area contributed by atoms with Gasteiger partial charge in [-0.15, -0.1) is 0 Å². The van der Waals surface area contributed by atoms with Crippen LogP contribution in [-0.2, 0) is 0 Å². The Morgan fingerprint density at radius 2 is 1.75 bits per heavy atom. The normalized spacial score (nSPS) is 15.9. The fraction of sp³-hybridized carbons (Fsp3) is 0.250. The second kappa shape index (κ2) is 5.92. The van der Waals surface area contributed by atoms with Gasteiger partial charge < -0.3 is 9.84 Å². The highest BCUT2D eigenvalue weighted by Crippen LogP contribution is 2.30. The van der Waals surface area contributed by atoms with Gasteiger partial charge in [-0.25, -0.2) is 0 Å². The topological polar surface area (TPSA) is 29.5 Å². The van der Waals surface area contributed by atoms with Gasteiger partial charge >= 0.3 is 0 Å². The number of ether oxygens (including phenoxy) is 1. The highest BCUT2D eigenvalue weighted by molar-refractivity contribution is 14.1. The van der Waals surface area contributed by atoms with E-state index in [1.807, 2.05) is 42.5 Å². The van der Waals surface area contributed by atoms with E-state index < -0.39 is 6.10 Å². The molecule has 1 atom stereocenters. The van der Waals surface area contributed by atoms with Gasteiger partial charge in [-0.05, 0) is 70.8 Å². The largest absolute Gasteiger partial charge is 0.490 e. The first-order chi connectivity index (χ1) is 9.63. The van der Waals surface area contributed by atoms with Gasteiger partial charge in [0.2, 0.25) is 0 Å². The van der Waals surface area contributed by atoms with Crippen LogP contribution in [-0.4, -0.2) is 11.2 Å². The van der Waals surface area contributed by atoms with Gasteiger partial charge in [-0.2, -0.15) is 0 Å². The summed E-state index contributed by atoms with van der Waals surface area (Å²) in [6.45, 7) is 0. The molecule has 0 heterocycles. The second-order valence-electron chi connectivity index (χ2n) is 4.96. The molecule has 1 N–H and O–H groups in total. The van der Waals surface area contributed by atoms with Crippen LogP contribution in [0.15, 0.2) is 42.5 Å². The maximum absolute atomic E-state index is 10.4. The predicted octanol–water partition coefficient (Wildman–Crippen LogP) is 4.57. The van der Waals surface area contributed by atoms with Crippen LogP contribution in [0.4, 0.5) is 0 Å². The van der Waals surface area contributed by atoms with Gasteiger partial charge in [0.05, 0.1) is 11.1 Å². The Bertz CT molecular complexity index is 608. The Morgan fingerprint density at radius 3 is 2.35 bits per heavy atom. The van der Waals surface area contributed by atoms with Gasteiger partial charge in [0.25, 0.3) is 0 Å². The van der Waals surface area contributed by atoms with Gasteiger partial charge in [0.15, 0.2) is 0 Å². The van der Waals surface area contributed by atoms with Crippen molar-refractivity contribution < 1.29 is 9.84 Å². The van der Waals surface area contributed by atoms with Crippen LogP contribution in [0.5, 0.6) is 5.75 Å². The molecule has 2 aromatic carbocycles. The van der Waals surface area contributed by atoms with Gasteiger partial charge in [-0.3, -0.25) is 0 Å². The molecule has 0 radical (unpaired) electrons. The minimum absolute atomic E-state index is 0.390. The third-order valence-electron chi connectivity index (χ3n) is 3.28. The number of hydrogen-bond acceptors (Lipinski definition) is 2. The monoisotopic (exact) mass is 400 g/mol. The van der Waals surface area contributed by atoms with Crippen molar-refractivity contribution in [3.63, 3.8) is 0 Å². The maximum Gasteiger partial charge on any atom is 0.119 e. The molecular formula is C16H14ClIO2. The van der Waals surface area contributed by atoms with E-state index in [-0.39, 0.29) is 0 Å². The van der Waals surface area contributed by atoms with Crippen molar-refractivity contribution in [3.8, 4) is 5.75 Å². The summed E-state index contributed by atoms with van der Waals surface area (Å²) < 4.78 is 6.68. The predicted molar refractivity (Wildman–Crippen MR) is 88.3 cm³/mol. The van der Waals surface area contributed by atoms with E-state index in [0.29, 0.717) is 11.1 Å². The molecule has 1 unspecified atom stereocenters. The Hall–Kier alpha value is -0.780. The van der Waals surface area contributed by atoms with E-state index in [0.717, 1.165) is 33.3 Å². The van der Waals surface area contributed by atoms with Crippen LogP contribution >= 0.6 is 34.2 Å². The van der Waals surface area contributed by atoms with Crippen molar-refractivity contribution in [1.29, 1.82) is 0 Å². The molecule has 0 aliphatic heterocycles. The fourth-order valence-corrected chi connectivity index (χ4v) is 2.51. The van der Waals surface area contributed by atoms with E-state index in [9.17, 15) is 5.11 Å². The zero-order valence-corrected chi connectivity index (χ0v) is 13.6. The first kappa shape index (κ1) is 14.2. The first-order valence-corrected chi connectivity index (χ1v) is 7.99. The zero-order valence-electron chi connectivity index (χ0n) is 10.7. The summed E-state index contributed by atoms with van der Waals surface area (Å²) >= 11 is 8.27. The van der Waals surface area contributed by atoms with Crippen LogP contribution < -0.4 is 4.74 Å². The molecule has 0 spiro atoms. The molecule has 0 aromatic heterocycles. The van der Waals surface area contributed by atoms with Crippen molar-refractivity contribution in [2.24, 2.45) is 0 Å². The Labute approximate surface area is 136 Å². The molecule has 1 fully saturated rings. The summed E-state index contributed by atoms with van der Waals surface area (Å²) in [4.78, 5) is 0. The molecule has 2 aromatic rings. The van der Waals surface area contributed by atoms with Crippen LogP contribution in [0.2, 0.25) is 5.02 Å². The number of benzene rings is 2. The summed E-state index contributed by atoms with van der Waals surface area (Å²) in [5.41, 5.74) is 1.64. The SMILES string of the molecule is OC(c1ccc(OC2CC2)cc1)c1ccc(I)c(Cl)c1. The zero-order chi connectivity index (χ0) is 14.1. The third kappa shape index (κ3) is 3.27. The standard InChI is InChI=1S/C16H14ClIO2/c17-14-9-11(3-8-15(14)18)16(19)10-1-4-12(5-2-10)20-13-6-7-13/h1-5,8-9,13,16,19H,6-7H2. The molecule has 1 aliphatic carbocycles. The number of aliphatic hydroxyl groups excluding tert-OH is 1. The Balaban J connectivity index is 1.78. The maximum atomic E-state index is 10.4. The smallest absolute Gasteiger partial charge is 0.119 e. The molecule has 2 nitrogen and oxygen atoms in total. The quantitative estimate of drug-likeness (QED) is 0.762. The third-order valence-corrected chi connectivity index (χ3v) is 4.85. The van der Waals surface area contributed by atoms with E-state index >= 15 is 0 Å². The Kier molecular flexibility index (Phi) is 4.19. The van der Waals surface area contributed by atoms with Gasteiger partial charge in [0.1, 0.15) is 11.9 Å². The summed E-state index contributed by atoms with van der Waals surface area (Å²) in [5, 5.41) is 11.1. The summed E-state index contributed by atoms with van der Waals surface area (Å²) in [5.74, 6) is 0.865. The fourth-order valence-electron chi connectivity index (χ4n) is 1.98. The molecule has 1 saturated carbocycles. The molecule has 3 rings (SSSR count). The lowest BCUT2D eigenvalue weighted by molar-refractivity contribution is 0.220. The van der Waals surface area contributed by atoms with Gasteiger partial charge in [-0.1, -0.05) is 29.8 Å². The molecule has 0 bridgehead atoms. The van der Waals surface area contributed by atoms with Crippen LogP contribution in [0.1, 0.15) is 30.1 Å². The molecule has 104 valence electrons. The lowest BCUT2D eigenvalue weighted by Crippen LogP contribution is -2.01. The lowest BCUT2D eigenvalue weighted by atomic mass is 10.0. The highest BCUT2D eigenvalue weighted by atomic mass is 127. The molecular weight excluding hydrogens is 387 g/mol. The minimum atomic E-state index is -0.667. The molecule has 0 saturated heterocycles. The van der Waals surface area contributed by atoms with Crippen molar-refractivity contribution in [1.82, 2.24) is 0 Å². The number of aliphatic hydroxyl groups is 1. The minimum Gasteiger partial charge on any atom is -0.490 e.